The number of hydrogen-bond donors (Lipinski definition) is 1. The van der Waals surface area contributed by atoms with Gasteiger partial charge in [-0.15, -0.1) is 0 Å². The molecule has 1 N–H and O–H groups in total. The average Bonchev–Trinajstić information content (AvgIpc) is 2.72. The van der Waals surface area contributed by atoms with Crippen LogP contribution in [-0.2, 0) is 0 Å². The minimum Gasteiger partial charge on any atom is -0.316 e. The summed E-state index contributed by atoms with van der Waals surface area (Å²) in [6, 6.07) is 0.844. The lowest BCUT2D eigenvalue weighted by Crippen LogP contribution is -2.45. The molecule has 0 bridgehead atoms. The van der Waals surface area contributed by atoms with Gasteiger partial charge >= 0.3 is 0 Å². The first-order valence-electron chi connectivity index (χ1n) is 6.74. The minimum absolute atomic E-state index is 0.683. The molecule has 0 aromatic rings. The average molecular weight is 210 g/mol. The third-order valence-electron chi connectivity index (χ3n) is 4.65. The van der Waals surface area contributed by atoms with Crippen molar-refractivity contribution in [1.82, 2.24) is 10.2 Å². The summed E-state index contributed by atoms with van der Waals surface area (Å²) < 4.78 is 0. The van der Waals surface area contributed by atoms with Crippen LogP contribution in [0.4, 0.5) is 0 Å². The molecule has 15 heavy (non-hydrogen) atoms. The fourth-order valence-electron chi connectivity index (χ4n) is 3.39. The highest BCUT2D eigenvalue weighted by Gasteiger charge is 2.37. The van der Waals surface area contributed by atoms with Crippen LogP contribution in [0.5, 0.6) is 0 Å². The van der Waals surface area contributed by atoms with E-state index in [-0.39, 0.29) is 0 Å². The highest BCUT2D eigenvalue weighted by atomic mass is 15.2. The molecule has 2 aliphatic rings. The topological polar surface area (TPSA) is 15.3 Å². The second-order valence-corrected chi connectivity index (χ2v) is 5.43. The van der Waals surface area contributed by atoms with Gasteiger partial charge in [-0.3, -0.25) is 0 Å². The molecule has 0 aliphatic carbocycles. The molecule has 2 nitrogen and oxygen atoms in total. The summed E-state index contributed by atoms with van der Waals surface area (Å²) in [6.07, 6.45) is 6.92. The van der Waals surface area contributed by atoms with E-state index in [1.165, 1.54) is 58.3 Å². The van der Waals surface area contributed by atoms with Crippen molar-refractivity contribution in [2.75, 3.05) is 26.2 Å². The molecule has 0 unspecified atom stereocenters. The summed E-state index contributed by atoms with van der Waals surface area (Å²) in [5.74, 6) is 0. The molecule has 2 heterocycles. The molecular weight excluding hydrogens is 184 g/mol. The normalized spacial score (nSPS) is 26.6. The Morgan fingerprint density at radius 3 is 2.27 bits per heavy atom. The van der Waals surface area contributed by atoms with Crippen LogP contribution in [0.15, 0.2) is 0 Å². The van der Waals surface area contributed by atoms with Gasteiger partial charge in [0.25, 0.3) is 0 Å². The van der Waals surface area contributed by atoms with Gasteiger partial charge in [-0.25, -0.2) is 0 Å². The lowest BCUT2D eigenvalue weighted by atomic mass is 9.77. The molecule has 2 heteroatoms. The van der Waals surface area contributed by atoms with Crippen molar-refractivity contribution in [3.05, 3.63) is 0 Å². The van der Waals surface area contributed by atoms with Gasteiger partial charge in [0.05, 0.1) is 0 Å². The molecule has 0 atom stereocenters. The van der Waals surface area contributed by atoms with Crippen LogP contribution in [0.25, 0.3) is 0 Å². The Morgan fingerprint density at radius 2 is 1.80 bits per heavy atom. The second-order valence-electron chi connectivity index (χ2n) is 5.43. The monoisotopic (exact) mass is 210 g/mol. The summed E-state index contributed by atoms with van der Waals surface area (Å²) in [5, 5.41) is 3.54. The van der Waals surface area contributed by atoms with Crippen LogP contribution in [0.3, 0.4) is 0 Å². The van der Waals surface area contributed by atoms with E-state index in [1.807, 2.05) is 0 Å². The van der Waals surface area contributed by atoms with E-state index in [9.17, 15) is 0 Å². The summed E-state index contributed by atoms with van der Waals surface area (Å²) >= 11 is 0. The van der Waals surface area contributed by atoms with E-state index in [4.69, 9.17) is 0 Å². The molecule has 88 valence electrons. The van der Waals surface area contributed by atoms with Crippen LogP contribution in [0, 0.1) is 5.41 Å². The van der Waals surface area contributed by atoms with Crippen molar-refractivity contribution in [3.63, 3.8) is 0 Å². The molecule has 2 rings (SSSR count). The smallest absolute Gasteiger partial charge is 0.00900 e. The van der Waals surface area contributed by atoms with Gasteiger partial charge in [-0.05, 0) is 57.2 Å². The van der Waals surface area contributed by atoms with Gasteiger partial charge in [-0.2, -0.15) is 0 Å². The minimum atomic E-state index is 0.683. The maximum Gasteiger partial charge on any atom is 0.00900 e. The molecule has 0 radical (unpaired) electrons. The largest absolute Gasteiger partial charge is 0.316 e. The first-order valence-corrected chi connectivity index (χ1v) is 6.74. The van der Waals surface area contributed by atoms with E-state index in [2.05, 4.69) is 24.1 Å². The Hall–Kier alpha value is -0.0800. The van der Waals surface area contributed by atoms with Gasteiger partial charge in [0.1, 0.15) is 0 Å². The van der Waals surface area contributed by atoms with E-state index < -0.39 is 0 Å². The lowest BCUT2D eigenvalue weighted by Gasteiger charge is -2.42. The van der Waals surface area contributed by atoms with Gasteiger partial charge in [-0.1, -0.05) is 13.8 Å². The van der Waals surface area contributed by atoms with E-state index in [0.29, 0.717) is 5.41 Å². The Kier molecular flexibility index (Phi) is 3.68. The third kappa shape index (κ3) is 2.36. The van der Waals surface area contributed by atoms with Crippen molar-refractivity contribution in [2.45, 2.75) is 52.0 Å². The van der Waals surface area contributed by atoms with Crippen molar-refractivity contribution in [1.29, 1.82) is 0 Å². The zero-order chi connectivity index (χ0) is 10.7. The molecule has 0 aromatic carbocycles. The Bertz CT molecular complexity index is 183. The van der Waals surface area contributed by atoms with Gasteiger partial charge in [0.2, 0.25) is 0 Å². The Balaban J connectivity index is 1.85. The van der Waals surface area contributed by atoms with Crippen molar-refractivity contribution < 1.29 is 0 Å². The predicted molar refractivity (Wildman–Crippen MR) is 65.1 cm³/mol. The SMILES string of the molecule is CCC(CC)N1CCC2(CCNC2)CC1. The predicted octanol–water partition coefficient (Wildman–Crippen LogP) is 2.25. The highest BCUT2D eigenvalue weighted by Crippen LogP contribution is 2.37. The lowest BCUT2D eigenvalue weighted by molar-refractivity contribution is 0.0802. The van der Waals surface area contributed by atoms with E-state index in [1.54, 1.807) is 0 Å². The van der Waals surface area contributed by atoms with Crippen LogP contribution < -0.4 is 5.32 Å². The molecular formula is C13H26N2. The standard InChI is InChI=1S/C13H26N2/c1-3-12(4-2)15-9-6-13(7-10-15)5-8-14-11-13/h12,14H,3-11H2,1-2H3. The number of nitrogens with zero attached hydrogens (tertiary/aromatic N) is 1. The fourth-order valence-corrected chi connectivity index (χ4v) is 3.39. The van der Waals surface area contributed by atoms with Crippen LogP contribution >= 0.6 is 0 Å². The molecule has 2 saturated heterocycles. The van der Waals surface area contributed by atoms with E-state index >= 15 is 0 Å². The zero-order valence-electron chi connectivity index (χ0n) is 10.4. The van der Waals surface area contributed by atoms with Crippen LogP contribution in [0.2, 0.25) is 0 Å². The number of likely N-dealkylation sites (tertiary alicyclic amines) is 1. The highest BCUT2D eigenvalue weighted by molar-refractivity contribution is 4.93. The van der Waals surface area contributed by atoms with Crippen LogP contribution in [-0.4, -0.2) is 37.1 Å². The number of nitrogens with one attached hydrogen (secondary N) is 1. The number of rotatable bonds is 3. The summed E-state index contributed by atoms with van der Waals surface area (Å²) in [5.41, 5.74) is 0.683. The first-order chi connectivity index (χ1) is 7.29. The van der Waals surface area contributed by atoms with Crippen molar-refractivity contribution in [3.8, 4) is 0 Å². The number of piperidine rings is 1. The van der Waals surface area contributed by atoms with Gasteiger partial charge < -0.3 is 10.2 Å². The molecule has 0 aromatic heterocycles. The van der Waals surface area contributed by atoms with E-state index in [0.717, 1.165) is 6.04 Å². The fraction of sp³-hybridized carbons (Fsp3) is 1.00. The second kappa shape index (κ2) is 4.84. The molecule has 0 amide bonds. The Morgan fingerprint density at radius 1 is 1.13 bits per heavy atom. The summed E-state index contributed by atoms with van der Waals surface area (Å²) in [6.45, 7) is 9.88. The number of hydrogen-bond acceptors (Lipinski definition) is 2. The van der Waals surface area contributed by atoms with Crippen molar-refractivity contribution in [2.24, 2.45) is 5.41 Å². The maximum atomic E-state index is 3.54. The van der Waals surface area contributed by atoms with Crippen LogP contribution in [0.1, 0.15) is 46.0 Å². The molecule has 2 fully saturated rings. The summed E-state index contributed by atoms with van der Waals surface area (Å²) in [7, 11) is 0. The van der Waals surface area contributed by atoms with Gasteiger partial charge in [0.15, 0.2) is 0 Å². The third-order valence-corrected chi connectivity index (χ3v) is 4.65. The molecule has 2 aliphatic heterocycles. The first kappa shape index (κ1) is 11.4. The summed E-state index contributed by atoms with van der Waals surface area (Å²) in [4.78, 5) is 2.73. The van der Waals surface area contributed by atoms with Gasteiger partial charge in [0, 0.05) is 12.6 Å². The molecule has 1 spiro atoms. The zero-order valence-corrected chi connectivity index (χ0v) is 10.4. The maximum absolute atomic E-state index is 3.54. The van der Waals surface area contributed by atoms with Crippen molar-refractivity contribution >= 4 is 0 Å². The molecule has 0 saturated carbocycles. The Labute approximate surface area is 94.4 Å². The quantitative estimate of drug-likeness (QED) is 0.768.